The lowest BCUT2D eigenvalue weighted by molar-refractivity contribution is 0.0126. The predicted octanol–water partition coefficient (Wildman–Crippen LogP) is 5.06. The minimum absolute atomic E-state index is 0.0385. The fourth-order valence-electron chi connectivity index (χ4n) is 5.77. The second-order valence-corrected chi connectivity index (χ2v) is 10.9. The fraction of sp³-hybridized carbons (Fsp3) is 0.375. The average Bonchev–Trinajstić information content (AvgIpc) is 3.01. The van der Waals surface area contributed by atoms with Crippen LogP contribution in [0.3, 0.4) is 0 Å². The molecule has 3 aromatic carbocycles. The SMILES string of the molecule is COc1ccc(COc2cc3ncn(CC45CCN(CC4)CC5)c(=O)c3cc2OCc2ccc(OC)cc2)cc1. The zero-order valence-corrected chi connectivity index (χ0v) is 23.1. The van der Waals surface area contributed by atoms with Crippen LogP contribution in [0.2, 0.25) is 0 Å². The van der Waals surface area contributed by atoms with Crippen molar-refractivity contribution in [2.45, 2.75) is 39.0 Å². The standard InChI is InChI=1S/C32H35N3O5/c1-37-25-7-3-23(4-8-25)19-39-29-17-27-28(18-30(29)40-20-24-5-9-26(38-2)10-6-24)33-22-35(31(27)36)21-32-11-14-34(15-12-32)16-13-32/h3-10,17-18,22H,11-16,19-21H2,1-2H3. The maximum Gasteiger partial charge on any atom is 0.261 e. The number of nitrogens with zero attached hydrogens (tertiary/aromatic N) is 3. The summed E-state index contributed by atoms with van der Waals surface area (Å²) in [6, 6.07) is 19.0. The van der Waals surface area contributed by atoms with Crippen LogP contribution in [-0.2, 0) is 19.8 Å². The molecular weight excluding hydrogens is 506 g/mol. The van der Waals surface area contributed by atoms with E-state index in [2.05, 4.69) is 9.88 Å². The summed E-state index contributed by atoms with van der Waals surface area (Å²) < 4.78 is 24.8. The molecule has 1 aromatic heterocycles. The van der Waals surface area contributed by atoms with Gasteiger partial charge in [-0.1, -0.05) is 24.3 Å². The number of hydrogen-bond acceptors (Lipinski definition) is 7. The van der Waals surface area contributed by atoms with E-state index in [1.807, 2.05) is 54.6 Å². The molecule has 0 aliphatic carbocycles. The van der Waals surface area contributed by atoms with Gasteiger partial charge in [-0.15, -0.1) is 0 Å². The highest BCUT2D eigenvalue weighted by Gasteiger charge is 2.39. The Hall–Kier alpha value is -4.04. The monoisotopic (exact) mass is 541 g/mol. The van der Waals surface area contributed by atoms with Crippen LogP contribution in [-0.4, -0.2) is 48.3 Å². The van der Waals surface area contributed by atoms with Crippen LogP contribution >= 0.6 is 0 Å². The van der Waals surface area contributed by atoms with Gasteiger partial charge in [0.1, 0.15) is 24.7 Å². The highest BCUT2D eigenvalue weighted by Crippen LogP contribution is 2.41. The third-order valence-corrected chi connectivity index (χ3v) is 8.38. The van der Waals surface area contributed by atoms with Crippen LogP contribution in [0, 0.1) is 5.41 Å². The smallest absolute Gasteiger partial charge is 0.261 e. The molecular formula is C32H35N3O5. The number of methoxy groups -OCH3 is 2. The third kappa shape index (κ3) is 5.49. The van der Waals surface area contributed by atoms with Crippen LogP contribution in [0.5, 0.6) is 23.0 Å². The van der Waals surface area contributed by atoms with Crippen molar-refractivity contribution in [1.29, 1.82) is 0 Å². The van der Waals surface area contributed by atoms with Gasteiger partial charge in [-0.05, 0) is 85.8 Å². The summed E-state index contributed by atoms with van der Waals surface area (Å²) in [5.74, 6) is 2.63. The first kappa shape index (κ1) is 26.2. The Morgan fingerprint density at radius 2 is 1.30 bits per heavy atom. The number of aromatic nitrogens is 2. The Balaban J connectivity index is 1.29. The van der Waals surface area contributed by atoms with E-state index in [1.165, 1.54) is 0 Å². The molecule has 8 nitrogen and oxygen atoms in total. The number of fused-ring (bicyclic) bond motifs is 4. The van der Waals surface area contributed by atoms with Crippen LogP contribution in [0.4, 0.5) is 0 Å². The summed E-state index contributed by atoms with van der Waals surface area (Å²) in [5.41, 5.74) is 2.71. The predicted molar refractivity (Wildman–Crippen MR) is 153 cm³/mol. The highest BCUT2D eigenvalue weighted by molar-refractivity contribution is 5.81. The molecule has 4 aromatic rings. The molecule has 0 saturated carbocycles. The van der Waals surface area contributed by atoms with E-state index in [0.29, 0.717) is 42.2 Å². The zero-order valence-electron chi connectivity index (χ0n) is 23.1. The summed E-state index contributed by atoms with van der Waals surface area (Å²) in [4.78, 5) is 20.9. The molecule has 3 aliphatic heterocycles. The minimum atomic E-state index is -0.0385. The first-order valence-electron chi connectivity index (χ1n) is 13.8. The molecule has 3 saturated heterocycles. The van der Waals surface area contributed by atoms with Gasteiger partial charge in [-0.3, -0.25) is 9.36 Å². The van der Waals surface area contributed by atoms with Crippen LogP contribution in [0.1, 0.15) is 30.4 Å². The molecule has 3 fully saturated rings. The molecule has 40 heavy (non-hydrogen) atoms. The van der Waals surface area contributed by atoms with Crippen molar-refractivity contribution < 1.29 is 18.9 Å². The molecule has 2 bridgehead atoms. The van der Waals surface area contributed by atoms with Crippen molar-refractivity contribution in [3.8, 4) is 23.0 Å². The molecule has 4 heterocycles. The van der Waals surface area contributed by atoms with Gasteiger partial charge < -0.3 is 23.8 Å². The lowest BCUT2D eigenvalue weighted by atomic mass is 9.72. The molecule has 0 unspecified atom stereocenters. The number of rotatable bonds is 10. The molecule has 0 atom stereocenters. The van der Waals surface area contributed by atoms with Crippen molar-refractivity contribution in [3.63, 3.8) is 0 Å². The molecule has 208 valence electrons. The molecule has 0 spiro atoms. The van der Waals surface area contributed by atoms with Crippen molar-refractivity contribution in [3.05, 3.63) is 88.5 Å². The number of piperidine rings is 3. The van der Waals surface area contributed by atoms with E-state index in [4.69, 9.17) is 18.9 Å². The van der Waals surface area contributed by atoms with Gasteiger partial charge in [0.05, 0.1) is 31.4 Å². The van der Waals surface area contributed by atoms with E-state index in [1.54, 1.807) is 31.2 Å². The van der Waals surface area contributed by atoms with Crippen molar-refractivity contribution in [1.82, 2.24) is 14.5 Å². The maximum absolute atomic E-state index is 13.7. The second kappa shape index (κ2) is 11.2. The summed E-state index contributed by atoms with van der Waals surface area (Å²) in [6.45, 7) is 4.73. The first-order valence-corrected chi connectivity index (χ1v) is 13.8. The number of hydrogen-bond donors (Lipinski definition) is 0. The van der Waals surface area contributed by atoms with Gasteiger partial charge in [0.2, 0.25) is 0 Å². The Morgan fingerprint density at radius 1 is 0.775 bits per heavy atom. The average molecular weight is 542 g/mol. The molecule has 0 N–H and O–H groups in total. The fourth-order valence-corrected chi connectivity index (χ4v) is 5.77. The molecule has 0 amide bonds. The van der Waals surface area contributed by atoms with E-state index < -0.39 is 0 Å². The maximum atomic E-state index is 13.7. The normalized spacial score (nSPS) is 19.9. The number of ether oxygens (including phenoxy) is 4. The van der Waals surface area contributed by atoms with Gasteiger partial charge in [-0.2, -0.15) is 0 Å². The summed E-state index contributed by atoms with van der Waals surface area (Å²) >= 11 is 0. The highest BCUT2D eigenvalue weighted by atomic mass is 16.5. The molecule has 0 radical (unpaired) electrons. The minimum Gasteiger partial charge on any atom is -0.497 e. The topological polar surface area (TPSA) is 75.1 Å². The lowest BCUT2D eigenvalue weighted by Crippen LogP contribution is -2.50. The van der Waals surface area contributed by atoms with E-state index in [0.717, 1.165) is 61.5 Å². The first-order chi connectivity index (χ1) is 19.5. The van der Waals surface area contributed by atoms with Gasteiger partial charge in [0.15, 0.2) is 11.5 Å². The van der Waals surface area contributed by atoms with E-state index >= 15 is 0 Å². The number of benzene rings is 3. The van der Waals surface area contributed by atoms with E-state index in [-0.39, 0.29) is 11.0 Å². The third-order valence-electron chi connectivity index (χ3n) is 8.38. The quantitative estimate of drug-likeness (QED) is 0.278. The Kier molecular flexibility index (Phi) is 7.34. The van der Waals surface area contributed by atoms with Gasteiger partial charge in [0, 0.05) is 12.6 Å². The van der Waals surface area contributed by atoms with Crippen LogP contribution in [0.15, 0.2) is 71.8 Å². The summed E-state index contributed by atoms with van der Waals surface area (Å²) in [5, 5.41) is 0.536. The van der Waals surface area contributed by atoms with Gasteiger partial charge in [-0.25, -0.2) is 4.98 Å². The van der Waals surface area contributed by atoms with E-state index in [9.17, 15) is 4.79 Å². The van der Waals surface area contributed by atoms with Crippen LogP contribution < -0.4 is 24.5 Å². The Bertz CT molecular complexity index is 1510. The molecule has 8 heteroatoms. The second-order valence-electron chi connectivity index (χ2n) is 10.9. The van der Waals surface area contributed by atoms with Crippen molar-refractivity contribution >= 4 is 10.9 Å². The van der Waals surface area contributed by atoms with Crippen LogP contribution in [0.25, 0.3) is 10.9 Å². The zero-order chi connectivity index (χ0) is 27.5. The molecule has 7 rings (SSSR count). The Labute approximate surface area is 234 Å². The van der Waals surface area contributed by atoms with Crippen molar-refractivity contribution in [2.24, 2.45) is 5.41 Å². The van der Waals surface area contributed by atoms with Crippen molar-refractivity contribution in [2.75, 3.05) is 33.9 Å². The Morgan fingerprint density at radius 3 is 1.82 bits per heavy atom. The molecule has 3 aliphatic rings. The largest absolute Gasteiger partial charge is 0.497 e. The lowest BCUT2D eigenvalue weighted by Gasteiger charge is -2.48. The summed E-state index contributed by atoms with van der Waals surface area (Å²) in [6.07, 6.45) is 5.09. The summed E-state index contributed by atoms with van der Waals surface area (Å²) in [7, 11) is 3.29. The van der Waals surface area contributed by atoms with Gasteiger partial charge in [0.25, 0.3) is 5.56 Å². The van der Waals surface area contributed by atoms with Gasteiger partial charge >= 0.3 is 0 Å².